The summed E-state index contributed by atoms with van der Waals surface area (Å²) in [6, 6.07) is 0.277. The van der Waals surface area contributed by atoms with Crippen LogP contribution in [0, 0.1) is 5.92 Å². The van der Waals surface area contributed by atoms with Crippen LogP contribution in [-0.2, 0) is 4.79 Å². The van der Waals surface area contributed by atoms with Crippen molar-refractivity contribution in [1.82, 2.24) is 4.90 Å². The Morgan fingerprint density at radius 3 is 2.81 bits per heavy atom. The van der Waals surface area contributed by atoms with Gasteiger partial charge in [-0.1, -0.05) is 6.42 Å². The van der Waals surface area contributed by atoms with Crippen molar-refractivity contribution in [3.05, 3.63) is 0 Å². The fourth-order valence-corrected chi connectivity index (χ4v) is 2.47. The van der Waals surface area contributed by atoms with Gasteiger partial charge in [0.15, 0.2) is 0 Å². The molecular formula is C12H24N2O2. The van der Waals surface area contributed by atoms with E-state index in [0.29, 0.717) is 25.4 Å². The maximum Gasteiger partial charge on any atom is 0.222 e. The molecule has 0 heterocycles. The van der Waals surface area contributed by atoms with Crippen LogP contribution in [0.4, 0.5) is 0 Å². The lowest BCUT2D eigenvalue weighted by Gasteiger charge is -2.28. The topological polar surface area (TPSA) is 66.6 Å². The summed E-state index contributed by atoms with van der Waals surface area (Å²) >= 11 is 0. The van der Waals surface area contributed by atoms with Gasteiger partial charge >= 0.3 is 0 Å². The summed E-state index contributed by atoms with van der Waals surface area (Å²) in [5.74, 6) is 0.611. The van der Waals surface area contributed by atoms with Crippen molar-refractivity contribution in [3.8, 4) is 0 Å². The number of likely N-dealkylation sites (N-methyl/N-ethyl adjacent to an activating group) is 1. The minimum Gasteiger partial charge on any atom is -0.395 e. The Hall–Kier alpha value is -0.610. The molecule has 0 aromatic rings. The van der Waals surface area contributed by atoms with Gasteiger partial charge in [-0.25, -0.2) is 0 Å². The highest BCUT2D eigenvalue weighted by molar-refractivity contribution is 5.76. The lowest BCUT2D eigenvalue weighted by atomic mass is 9.84. The SMILES string of the molecule is CCN(CCO)C(=O)CC1CCCC(N)C1. The van der Waals surface area contributed by atoms with Crippen molar-refractivity contribution in [3.63, 3.8) is 0 Å². The molecule has 1 aliphatic carbocycles. The summed E-state index contributed by atoms with van der Waals surface area (Å²) in [7, 11) is 0. The second-order valence-electron chi connectivity index (χ2n) is 4.69. The van der Waals surface area contributed by atoms with Gasteiger partial charge in [0.1, 0.15) is 0 Å². The zero-order valence-electron chi connectivity index (χ0n) is 10.2. The molecule has 4 nitrogen and oxygen atoms in total. The highest BCUT2D eigenvalue weighted by Crippen LogP contribution is 2.26. The molecule has 1 rings (SSSR count). The molecule has 0 radical (unpaired) electrons. The normalized spacial score (nSPS) is 25.4. The number of hydrogen-bond acceptors (Lipinski definition) is 3. The molecule has 1 fully saturated rings. The Morgan fingerprint density at radius 2 is 2.25 bits per heavy atom. The van der Waals surface area contributed by atoms with E-state index in [2.05, 4.69) is 0 Å². The maximum absolute atomic E-state index is 11.9. The summed E-state index contributed by atoms with van der Waals surface area (Å²) in [5.41, 5.74) is 5.90. The molecule has 4 heteroatoms. The van der Waals surface area contributed by atoms with Gasteiger partial charge < -0.3 is 15.7 Å². The molecule has 3 N–H and O–H groups in total. The number of aliphatic hydroxyl groups is 1. The number of rotatable bonds is 5. The molecule has 94 valence electrons. The Labute approximate surface area is 97.8 Å². The third kappa shape index (κ3) is 4.10. The van der Waals surface area contributed by atoms with E-state index in [0.717, 1.165) is 25.7 Å². The minimum absolute atomic E-state index is 0.0454. The largest absolute Gasteiger partial charge is 0.395 e. The molecule has 1 amide bonds. The zero-order valence-corrected chi connectivity index (χ0v) is 10.2. The first-order valence-corrected chi connectivity index (χ1v) is 6.31. The van der Waals surface area contributed by atoms with Crippen LogP contribution in [0.1, 0.15) is 39.0 Å². The second kappa shape index (κ2) is 6.86. The van der Waals surface area contributed by atoms with E-state index in [1.165, 1.54) is 0 Å². The number of aliphatic hydroxyl groups excluding tert-OH is 1. The van der Waals surface area contributed by atoms with Crippen molar-refractivity contribution < 1.29 is 9.90 Å². The molecule has 1 saturated carbocycles. The fourth-order valence-electron chi connectivity index (χ4n) is 2.47. The van der Waals surface area contributed by atoms with Crippen molar-refractivity contribution in [2.24, 2.45) is 11.7 Å². The van der Waals surface area contributed by atoms with Gasteiger partial charge in [0, 0.05) is 25.6 Å². The predicted octanol–water partition coefficient (Wildman–Crippen LogP) is 0.735. The molecule has 0 aromatic heterocycles. The standard InChI is InChI=1S/C12H24N2O2/c1-2-14(6-7-15)12(16)9-10-4-3-5-11(13)8-10/h10-11,15H,2-9,13H2,1H3. The molecule has 0 bridgehead atoms. The summed E-state index contributed by atoms with van der Waals surface area (Å²) in [6.07, 6.45) is 4.93. The van der Waals surface area contributed by atoms with E-state index in [1.807, 2.05) is 6.92 Å². The van der Waals surface area contributed by atoms with E-state index in [-0.39, 0.29) is 18.6 Å². The van der Waals surface area contributed by atoms with Crippen molar-refractivity contribution >= 4 is 5.91 Å². The quantitative estimate of drug-likeness (QED) is 0.729. The molecule has 0 spiro atoms. The number of nitrogens with two attached hydrogens (primary N) is 1. The van der Waals surface area contributed by atoms with Crippen LogP contribution < -0.4 is 5.73 Å². The number of hydrogen-bond donors (Lipinski definition) is 2. The van der Waals surface area contributed by atoms with Crippen molar-refractivity contribution in [2.75, 3.05) is 19.7 Å². The predicted molar refractivity (Wildman–Crippen MR) is 63.9 cm³/mol. The molecule has 2 unspecified atom stereocenters. The van der Waals surface area contributed by atoms with Crippen LogP contribution in [0.25, 0.3) is 0 Å². The Bertz CT molecular complexity index is 221. The van der Waals surface area contributed by atoms with E-state index >= 15 is 0 Å². The summed E-state index contributed by atoms with van der Waals surface area (Å²) < 4.78 is 0. The third-order valence-electron chi connectivity index (χ3n) is 3.39. The van der Waals surface area contributed by atoms with E-state index in [1.54, 1.807) is 4.90 Å². The lowest BCUT2D eigenvalue weighted by Crippen LogP contribution is -2.36. The summed E-state index contributed by atoms with van der Waals surface area (Å²) in [6.45, 7) is 3.12. The zero-order chi connectivity index (χ0) is 12.0. The first kappa shape index (κ1) is 13.5. The molecule has 2 atom stereocenters. The minimum atomic E-state index is 0.0454. The van der Waals surface area contributed by atoms with E-state index in [9.17, 15) is 4.79 Å². The average molecular weight is 228 g/mol. The summed E-state index contributed by atoms with van der Waals surface area (Å²) in [4.78, 5) is 13.6. The second-order valence-corrected chi connectivity index (χ2v) is 4.69. The monoisotopic (exact) mass is 228 g/mol. The molecule has 0 saturated heterocycles. The van der Waals surface area contributed by atoms with Crippen LogP contribution in [0.15, 0.2) is 0 Å². The van der Waals surface area contributed by atoms with Crippen LogP contribution in [0.5, 0.6) is 0 Å². The van der Waals surface area contributed by atoms with Crippen molar-refractivity contribution in [1.29, 1.82) is 0 Å². The lowest BCUT2D eigenvalue weighted by molar-refractivity contribution is -0.132. The third-order valence-corrected chi connectivity index (χ3v) is 3.39. The van der Waals surface area contributed by atoms with E-state index in [4.69, 9.17) is 10.8 Å². The van der Waals surface area contributed by atoms with E-state index < -0.39 is 0 Å². The molecule has 16 heavy (non-hydrogen) atoms. The summed E-state index contributed by atoms with van der Waals surface area (Å²) in [5, 5.41) is 8.85. The number of nitrogens with zero attached hydrogens (tertiary/aromatic N) is 1. The highest BCUT2D eigenvalue weighted by atomic mass is 16.3. The van der Waals surface area contributed by atoms with Gasteiger partial charge in [0.2, 0.25) is 5.91 Å². The van der Waals surface area contributed by atoms with Gasteiger partial charge in [-0.15, -0.1) is 0 Å². The molecule has 1 aliphatic rings. The Balaban J connectivity index is 2.36. The van der Waals surface area contributed by atoms with Gasteiger partial charge in [-0.3, -0.25) is 4.79 Å². The fraction of sp³-hybridized carbons (Fsp3) is 0.917. The number of carbonyl (C=O) groups excluding carboxylic acids is 1. The van der Waals surface area contributed by atoms with Crippen LogP contribution in [0.3, 0.4) is 0 Å². The smallest absolute Gasteiger partial charge is 0.222 e. The van der Waals surface area contributed by atoms with Gasteiger partial charge in [0.05, 0.1) is 6.61 Å². The number of amides is 1. The van der Waals surface area contributed by atoms with Crippen LogP contribution >= 0.6 is 0 Å². The van der Waals surface area contributed by atoms with Crippen LogP contribution in [-0.4, -0.2) is 41.7 Å². The van der Waals surface area contributed by atoms with Gasteiger partial charge in [-0.2, -0.15) is 0 Å². The van der Waals surface area contributed by atoms with Gasteiger partial charge in [0.25, 0.3) is 0 Å². The van der Waals surface area contributed by atoms with Crippen molar-refractivity contribution in [2.45, 2.75) is 45.1 Å². The molecular weight excluding hydrogens is 204 g/mol. The van der Waals surface area contributed by atoms with Gasteiger partial charge in [-0.05, 0) is 32.1 Å². The molecule has 0 aromatic carbocycles. The Kier molecular flexibility index (Phi) is 5.77. The Morgan fingerprint density at radius 1 is 1.50 bits per heavy atom. The first-order valence-electron chi connectivity index (χ1n) is 6.31. The average Bonchev–Trinajstić information content (AvgIpc) is 2.25. The highest BCUT2D eigenvalue weighted by Gasteiger charge is 2.23. The maximum atomic E-state index is 11.9. The van der Waals surface area contributed by atoms with Crippen LogP contribution in [0.2, 0.25) is 0 Å². The molecule has 0 aliphatic heterocycles. The number of carbonyl (C=O) groups is 1. The first-order chi connectivity index (χ1) is 7.67.